The molecule has 0 aliphatic rings. The molecule has 0 heterocycles. The van der Waals surface area contributed by atoms with Crippen molar-refractivity contribution in [3.8, 4) is 28.4 Å². The smallest absolute Gasteiger partial charge is 0.130 e. The van der Waals surface area contributed by atoms with Crippen molar-refractivity contribution < 1.29 is 14.2 Å². The predicted molar refractivity (Wildman–Crippen MR) is 71.5 cm³/mol. The van der Waals surface area contributed by atoms with Gasteiger partial charge in [0.25, 0.3) is 0 Å². The minimum Gasteiger partial charge on any atom is -0.496 e. The highest BCUT2D eigenvalue weighted by Crippen LogP contribution is 2.42. The van der Waals surface area contributed by atoms with Crippen molar-refractivity contribution in [1.82, 2.24) is 0 Å². The number of rotatable bonds is 4. The summed E-state index contributed by atoms with van der Waals surface area (Å²) in [4.78, 5) is 0. The molecule has 0 aliphatic heterocycles. The third kappa shape index (κ3) is 2.12. The molecule has 3 heteroatoms. The van der Waals surface area contributed by atoms with Crippen LogP contribution in [0.5, 0.6) is 17.2 Å². The summed E-state index contributed by atoms with van der Waals surface area (Å²) in [7, 11) is 4.95. The van der Waals surface area contributed by atoms with Gasteiger partial charge in [-0.05, 0) is 18.2 Å². The van der Waals surface area contributed by atoms with E-state index in [1.165, 1.54) is 0 Å². The summed E-state index contributed by atoms with van der Waals surface area (Å²) in [5.41, 5.74) is 1.86. The standard InChI is InChI=1S/C15H16O3/c1-16-12-8-5-4-7-11(12)15-13(17-2)9-6-10-14(15)18-3/h4-10H,1-3H3. The van der Waals surface area contributed by atoms with E-state index >= 15 is 0 Å². The van der Waals surface area contributed by atoms with Crippen LogP contribution < -0.4 is 14.2 Å². The lowest BCUT2D eigenvalue weighted by molar-refractivity contribution is 0.394. The van der Waals surface area contributed by atoms with Crippen molar-refractivity contribution in [3.63, 3.8) is 0 Å². The van der Waals surface area contributed by atoms with Crippen LogP contribution in [0.1, 0.15) is 0 Å². The second-order valence-corrected chi connectivity index (χ2v) is 3.74. The number of para-hydroxylation sites is 1. The first-order valence-corrected chi connectivity index (χ1v) is 5.66. The van der Waals surface area contributed by atoms with Gasteiger partial charge in [-0.3, -0.25) is 0 Å². The minimum absolute atomic E-state index is 0.763. The molecule has 94 valence electrons. The molecule has 2 aromatic carbocycles. The molecule has 0 bridgehead atoms. The molecule has 0 aliphatic carbocycles. The molecule has 0 fully saturated rings. The maximum absolute atomic E-state index is 5.41. The van der Waals surface area contributed by atoms with Crippen LogP contribution in [-0.2, 0) is 0 Å². The molecular formula is C15H16O3. The van der Waals surface area contributed by atoms with Crippen molar-refractivity contribution in [2.24, 2.45) is 0 Å². The molecule has 2 rings (SSSR count). The van der Waals surface area contributed by atoms with Crippen molar-refractivity contribution in [1.29, 1.82) is 0 Å². The third-order valence-electron chi connectivity index (χ3n) is 2.80. The van der Waals surface area contributed by atoms with Gasteiger partial charge >= 0.3 is 0 Å². The fourth-order valence-electron chi connectivity index (χ4n) is 1.97. The maximum atomic E-state index is 5.41. The molecule has 0 amide bonds. The van der Waals surface area contributed by atoms with Gasteiger partial charge in [0.15, 0.2) is 0 Å². The fraction of sp³-hybridized carbons (Fsp3) is 0.200. The van der Waals surface area contributed by atoms with Gasteiger partial charge in [0, 0.05) is 5.56 Å². The highest BCUT2D eigenvalue weighted by atomic mass is 16.5. The Kier molecular flexibility index (Phi) is 3.72. The van der Waals surface area contributed by atoms with E-state index in [1.54, 1.807) is 21.3 Å². The van der Waals surface area contributed by atoms with Gasteiger partial charge in [-0.1, -0.05) is 24.3 Å². The quantitative estimate of drug-likeness (QED) is 0.825. The molecule has 0 atom stereocenters. The summed E-state index contributed by atoms with van der Waals surface area (Å²) in [6.07, 6.45) is 0. The Labute approximate surface area is 107 Å². The number of ether oxygens (including phenoxy) is 3. The van der Waals surface area contributed by atoms with Crippen LogP contribution in [0.25, 0.3) is 11.1 Å². The number of methoxy groups -OCH3 is 3. The van der Waals surface area contributed by atoms with Gasteiger partial charge in [-0.15, -0.1) is 0 Å². The highest BCUT2D eigenvalue weighted by molar-refractivity contribution is 5.81. The number of hydrogen-bond acceptors (Lipinski definition) is 3. The maximum Gasteiger partial charge on any atom is 0.130 e. The Morgan fingerprint density at radius 1 is 0.611 bits per heavy atom. The van der Waals surface area contributed by atoms with E-state index in [0.717, 1.165) is 28.4 Å². The van der Waals surface area contributed by atoms with Crippen molar-refractivity contribution in [3.05, 3.63) is 42.5 Å². The molecule has 0 N–H and O–H groups in total. The molecule has 0 aromatic heterocycles. The summed E-state index contributed by atoms with van der Waals surface area (Å²) < 4.78 is 16.2. The summed E-state index contributed by atoms with van der Waals surface area (Å²) in [5.74, 6) is 2.32. The topological polar surface area (TPSA) is 27.7 Å². The van der Waals surface area contributed by atoms with E-state index in [-0.39, 0.29) is 0 Å². The Bertz CT molecular complexity index is 513. The number of benzene rings is 2. The molecule has 18 heavy (non-hydrogen) atoms. The fourth-order valence-corrected chi connectivity index (χ4v) is 1.97. The Morgan fingerprint density at radius 2 is 1.11 bits per heavy atom. The van der Waals surface area contributed by atoms with E-state index in [1.807, 2.05) is 42.5 Å². The Morgan fingerprint density at radius 3 is 1.67 bits per heavy atom. The summed E-state index contributed by atoms with van der Waals surface area (Å²) in [6.45, 7) is 0. The zero-order valence-electron chi connectivity index (χ0n) is 10.8. The lowest BCUT2D eigenvalue weighted by Gasteiger charge is -2.15. The average Bonchev–Trinajstić information content (AvgIpc) is 2.46. The molecule has 0 unspecified atom stereocenters. The van der Waals surface area contributed by atoms with E-state index in [9.17, 15) is 0 Å². The van der Waals surface area contributed by atoms with Crippen LogP contribution in [0.15, 0.2) is 42.5 Å². The van der Waals surface area contributed by atoms with Gasteiger partial charge in [-0.2, -0.15) is 0 Å². The van der Waals surface area contributed by atoms with Crippen LogP contribution in [0.2, 0.25) is 0 Å². The lowest BCUT2D eigenvalue weighted by Crippen LogP contribution is -1.95. The van der Waals surface area contributed by atoms with Crippen molar-refractivity contribution >= 4 is 0 Å². The zero-order chi connectivity index (χ0) is 13.0. The van der Waals surface area contributed by atoms with E-state index in [4.69, 9.17) is 14.2 Å². The second kappa shape index (κ2) is 5.45. The minimum atomic E-state index is 0.763. The van der Waals surface area contributed by atoms with Gasteiger partial charge in [0.2, 0.25) is 0 Å². The second-order valence-electron chi connectivity index (χ2n) is 3.74. The first-order chi connectivity index (χ1) is 8.81. The SMILES string of the molecule is COc1ccccc1-c1c(OC)cccc1OC. The normalized spacial score (nSPS) is 9.94. The summed E-state index contributed by atoms with van der Waals surface area (Å²) in [6, 6.07) is 13.5. The average molecular weight is 244 g/mol. The molecular weight excluding hydrogens is 228 g/mol. The monoisotopic (exact) mass is 244 g/mol. The molecule has 2 aromatic rings. The van der Waals surface area contributed by atoms with Crippen LogP contribution >= 0.6 is 0 Å². The molecule has 3 nitrogen and oxygen atoms in total. The first-order valence-electron chi connectivity index (χ1n) is 5.66. The van der Waals surface area contributed by atoms with Gasteiger partial charge < -0.3 is 14.2 Å². The lowest BCUT2D eigenvalue weighted by atomic mass is 10.0. The predicted octanol–water partition coefficient (Wildman–Crippen LogP) is 3.38. The van der Waals surface area contributed by atoms with Crippen LogP contribution in [0, 0.1) is 0 Å². The van der Waals surface area contributed by atoms with Crippen LogP contribution in [0.3, 0.4) is 0 Å². The van der Waals surface area contributed by atoms with Gasteiger partial charge in [0.1, 0.15) is 17.2 Å². The van der Waals surface area contributed by atoms with Crippen LogP contribution in [0.4, 0.5) is 0 Å². The van der Waals surface area contributed by atoms with Crippen molar-refractivity contribution in [2.45, 2.75) is 0 Å². The zero-order valence-corrected chi connectivity index (χ0v) is 10.8. The van der Waals surface area contributed by atoms with E-state index in [0.29, 0.717) is 0 Å². The van der Waals surface area contributed by atoms with E-state index in [2.05, 4.69) is 0 Å². The number of hydrogen-bond donors (Lipinski definition) is 0. The molecule has 0 saturated heterocycles. The molecule has 0 saturated carbocycles. The van der Waals surface area contributed by atoms with Crippen LogP contribution in [-0.4, -0.2) is 21.3 Å². The summed E-state index contributed by atoms with van der Waals surface area (Å²) >= 11 is 0. The summed E-state index contributed by atoms with van der Waals surface area (Å²) in [5, 5.41) is 0. The Balaban J connectivity index is 2.68. The first kappa shape index (κ1) is 12.3. The largest absolute Gasteiger partial charge is 0.496 e. The van der Waals surface area contributed by atoms with Gasteiger partial charge in [-0.25, -0.2) is 0 Å². The highest BCUT2D eigenvalue weighted by Gasteiger charge is 2.15. The molecule has 0 radical (unpaired) electrons. The Hall–Kier alpha value is -2.16. The van der Waals surface area contributed by atoms with Crippen molar-refractivity contribution in [2.75, 3.05) is 21.3 Å². The van der Waals surface area contributed by atoms with Gasteiger partial charge in [0.05, 0.1) is 26.9 Å². The third-order valence-corrected chi connectivity index (χ3v) is 2.80. The molecule has 0 spiro atoms. The van der Waals surface area contributed by atoms with E-state index < -0.39 is 0 Å².